The van der Waals surface area contributed by atoms with Crippen molar-refractivity contribution in [3.05, 3.63) is 24.0 Å². The Balaban J connectivity index is 1.78. The van der Waals surface area contributed by atoms with Gasteiger partial charge in [0.2, 0.25) is 5.82 Å². The number of H-pyrrole nitrogens is 1. The first-order valence-electron chi connectivity index (χ1n) is 6.52. The maximum absolute atomic E-state index is 11.9. The number of hydrogen-bond donors (Lipinski definition) is 2. The van der Waals surface area contributed by atoms with Crippen LogP contribution in [0.4, 0.5) is 0 Å². The van der Waals surface area contributed by atoms with Gasteiger partial charge < -0.3 is 5.32 Å². The molecule has 2 aromatic heterocycles. The zero-order valence-electron chi connectivity index (χ0n) is 11.9. The molecule has 0 aliphatic carbocycles. The van der Waals surface area contributed by atoms with Crippen molar-refractivity contribution in [2.45, 2.75) is 39.2 Å². The zero-order valence-corrected chi connectivity index (χ0v) is 11.9. The summed E-state index contributed by atoms with van der Waals surface area (Å²) in [7, 11) is 0. The lowest BCUT2D eigenvalue weighted by atomic mass is 9.96. The standard InChI is InChI=1S/C12H19N7O/c1-12(2,3)11-15-9(16-17-11)10(20)13-5-4-7-19-8-6-14-18-19/h6,8H,4-5,7H2,1-3H3,(H,13,20)(H,15,16,17). The van der Waals surface area contributed by atoms with Crippen LogP contribution in [0.25, 0.3) is 0 Å². The van der Waals surface area contributed by atoms with Crippen LogP contribution in [0.3, 0.4) is 0 Å². The second-order valence-corrected chi connectivity index (χ2v) is 5.53. The monoisotopic (exact) mass is 277 g/mol. The van der Waals surface area contributed by atoms with Gasteiger partial charge in [-0.15, -0.1) is 10.2 Å². The van der Waals surface area contributed by atoms with Gasteiger partial charge in [0.05, 0.1) is 6.20 Å². The fraction of sp³-hybridized carbons (Fsp3) is 0.583. The second-order valence-electron chi connectivity index (χ2n) is 5.53. The predicted octanol–water partition coefficient (Wildman–Crippen LogP) is 0.514. The molecule has 0 aliphatic heterocycles. The molecule has 2 heterocycles. The molecular weight excluding hydrogens is 258 g/mol. The van der Waals surface area contributed by atoms with Crippen LogP contribution in [0, 0.1) is 0 Å². The molecule has 0 radical (unpaired) electrons. The lowest BCUT2D eigenvalue weighted by Gasteiger charge is -2.12. The Morgan fingerprint density at radius 1 is 1.45 bits per heavy atom. The molecule has 2 N–H and O–H groups in total. The molecule has 2 aromatic rings. The van der Waals surface area contributed by atoms with Crippen molar-refractivity contribution in [3.63, 3.8) is 0 Å². The summed E-state index contributed by atoms with van der Waals surface area (Å²) in [6.45, 7) is 7.27. The Morgan fingerprint density at radius 3 is 2.85 bits per heavy atom. The van der Waals surface area contributed by atoms with Crippen molar-refractivity contribution < 1.29 is 4.79 Å². The van der Waals surface area contributed by atoms with Crippen LogP contribution < -0.4 is 5.32 Å². The molecule has 20 heavy (non-hydrogen) atoms. The molecule has 1 amide bonds. The van der Waals surface area contributed by atoms with E-state index < -0.39 is 0 Å². The van der Waals surface area contributed by atoms with Crippen LogP contribution in [0.5, 0.6) is 0 Å². The molecule has 8 heteroatoms. The van der Waals surface area contributed by atoms with Gasteiger partial charge in [0.25, 0.3) is 5.91 Å². The van der Waals surface area contributed by atoms with E-state index in [1.165, 1.54) is 0 Å². The maximum atomic E-state index is 11.9. The van der Waals surface area contributed by atoms with E-state index in [1.54, 1.807) is 17.1 Å². The molecule has 0 unspecified atom stereocenters. The van der Waals surface area contributed by atoms with E-state index in [-0.39, 0.29) is 17.1 Å². The van der Waals surface area contributed by atoms with Gasteiger partial charge >= 0.3 is 0 Å². The van der Waals surface area contributed by atoms with Crippen LogP contribution in [0.1, 0.15) is 43.6 Å². The third kappa shape index (κ3) is 3.62. The van der Waals surface area contributed by atoms with Crippen molar-refractivity contribution >= 4 is 5.91 Å². The number of aryl methyl sites for hydroxylation is 1. The summed E-state index contributed by atoms with van der Waals surface area (Å²) in [5.41, 5.74) is -0.154. The largest absolute Gasteiger partial charge is 0.349 e. The molecule has 0 aromatic carbocycles. The number of hydrogen-bond acceptors (Lipinski definition) is 5. The topological polar surface area (TPSA) is 101 Å². The van der Waals surface area contributed by atoms with Crippen LogP contribution in [-0.4, -0.2) is 42.6 Å². The predicted molar refractivity (Wildman–Crippen MR) is 72.1 cm³/mol. The number of rotatable bonds is 5. The minimum atomic E-state index is -0.268. The molecule has 0 bridgehead atoms. The fourth-order valence-corrected chi connectivity index (χ4v) is 1.57. The molecule has 0 saturated carbocycles. The van der Waals surface area contributed by atoms with Crippen molar-refractivity contribution in [2.75, 3.05) is 6.54 Å². The highest BCUT2D eigenvalue weighted by Gasteiger charge is 2.20. The lowest BCUT2D eigenvalue weighted by molar-refractivity contribution is 0.0942. The van der Waals surface area contributed by atoms with E-state index in [1.807, 2.05) is 20.8 Å². The molecule has 0 spiro atoms. The zero-order chi connectivity index (χ0) is 14.6. The van der Waals surface area contributed by atoms with Gasteiger partial charge in [-0.3, -0.25) is 14.6 Å². The highest BCUT2D eigenvalue weighted by Crippen LogP contribution is 2.17. The quantitative estimate of drug-likeness (QED) is 0.775. The fourth-order valence-electron chi connectivity index (χ4n) is 1.57. The van der Waals surface area contributed by atoms with E-state index >= 15 is 0 Å². The van der Waals surface area contributed by atoms with Crippen molar-refractivity contribution in [1.29, 1.82) is 0 Å². The highest BCUT2D eigenvalue weighted by atomic mass is 16.2. The minimum absolute atomic E-state index is 0.154. The lowest BCUT2D eigenvalue weighted by Crippen LogP contribution is -2.26. The summed E-state index contributed by atoms with van der Waals surface area (Å²) in [6.07, 6.45) is 4.18. The van der Waals surface area contributed by atoms with Gasteiger partial charge in [-0.1, -0.05) is 26.0 Å². The van der Waals surface area contributed by atoms with E-state index in [9.17, 15) is 4.79 Å². The molecular formula is C12H19N7O. The Bertz CT molecular complexity index is 553. The summed E-state index contributed by atoms with van der Waals surface area (Å²) in [5, 5.41) is 17.1. The van der Waals surface area contributed by atoms with Crippen molar-refractivity contribution in [1.82, 2.24) is 35.5 Å². The summed E-state index contributed by atoms with van der Waals surface area (Å²) in [6, 6.07) is 0. The van der Waals surface area contributed by atoms with Gasteiger partial charge in [0.15, 0.2) is 0 Å². The summed E-state index contributed by atoms with van der Waals surface area (Å²) in [4.78, 5) is 16.1. The second kappa shape index (κ2) is 5.81. The molecule has 108 valence electrons. The summed E-state index contributed by atoms with van der Waals surface area (Å²) < 4.78 is 1.72. The number of aromatic nitrogens is 6. The summed E-state index contributed by atoms with van der Waals surface area (Å²) >= 11 is 0. The molecule has 8 nitrogen and oxygen atoms in total. The molecule has 2 rings (SSSR count). The number of nitrogens with one attached hydrogen (secondary N) is 2. The normalized spacial score (nSPS) is 11.6. The third-order valence-electron chi connectivity index (χ3n) is 2.72. The Hall–Kier alpha value is -2.25. The SMILES string of the molecule is CC(C)(C)c1nc(C(=O)NCCCn2ccnn2)n[nH]1. The average molecular weight is 277 g/mol. The molecule has 0 aliphatic rings. The Kier molecular flexibility index (Phi) is 4.11. The van der Waals surface area contributed by atoms with Crippen molar-refractivity contribution in [3.8, 4) is 0 Å². The highest BCUT2D eigenvalue weighted by molar-refractivity contribution is 5.90. The van der Waals surface area contributed by atoms with Crippen molar-refractivity contribution in [2.24, 2.45) is 0 Å². The number of aromatic amines is 1. The molecule has 0 atom stereocenters. The first-order chi connectivity index (χ1) is 9.47. The Labute approximate surface area is 117 Å². The number of nitrogens with zero attached hydrogens (tertiary/aromatic N) is 5. The third-order valence-corrected chi connectivity index (χ3v) is 2.72. The number of carbonyl (C=O) groups is 1. The number of amides is 1. The van der Waals surface area contributed by atoms with Crippen LogP contribution in [0.2, 0.25) is 0 Å². The Morgan fingerprint density at radius 2 is 2.25 bits per heavy atom. The van der Waals surface area contributed by atoms with Gasteiger partial charge in [0.1, 0.15) is 5.82 Å². The van der Waals surface area contributed by atoms with E-state index in [4.69, 9.17) is 0 Å². The smallest absolute Gasteiger partial charge is 0.290 e. The summed E-state index contributed by atoms with van der Waals surface area (Å²) in [5.74, 6) is 0.608. The first-order valence-corrected chi connectivity index (χ1v) is 6.52. The van der Waals surface area contributed by atoms with Crippen LogP contribution in [0.15, 0.2) is 12.4 Å². The van der Waals surface area contributed by atoms with Gasteiger partial charge in [0, 0.05) is 24.7 Å². The first kappa shape index (κ1) is 14.2. The van der Waals surface area contributed by atoms with Gasteiger partial charge in [-0.05, 0) is 6.42 Å². The maximum Gasteiger partial charge on any atom is 0.290 e. The molecule has 0 fully saturated rings. The van der Waals surface area contributed by atoms with E-state index in [0.29, 0.717) is 18.9 Å². The van der Waals surface area contributed by atoms with Gasteiger partial charge in [-0.2, -0.15) is 0 Å². The molecule has 0 saturated heterocycles. The number of carbonyl (C=O) groups excluding carboxylic acids is 1. The van der Waals surface area contributed by atoms with E-state index in [2.05, 4.69) is 30.8 Å². The average Bonchev–Trinajstić information content (AvgIpc) is 3.04. The van der Waals surface area contributed by atoms with Gasteiger partial charge in [-0.25, -0.2) is 4.98 Å². The minimum Gasteiger partial charge on any atom is -0.349 e. The van der Waals surface area contributed by atoms with E-state index in [0.717, 1.165) is 6.42 Å². The van der Waals surface area contributed by atoms with Crippen LogP contribution >= 0.6 is 0 Å². The van der Waals surface area contributed by atoms with Crippen LogP contribution in [-0.2, 0) is 12.0 Å².